The molecule has 0 radical (unpaired) electrons. The molecule has 0 spiro atoms. The van der Waals surface area contributed by atoms with Crippen molar-refractivity contribution in [1.29, 1.82) is 0 Å². The molecule has 0 fully saturated rings. The van der Waals surface area contributed by atoms with Gasteiger partial charge in [-0.1, -0.05) is 19.9 Å². The number of fused-ring (bicyclic) bond motifs is 1. The van der Waals surface area contributed by atoms with Crippen LogP contribution in [0.3, 0.4) is 0 Å². The van der Waals surface area contributed by atoms with Crippen molar-refractivity contribution in [1.82, 2.24) is 14.6 Å². The highest BCUT2D eigenvalue weighted by Gasteiger charge is 2.06. The van der Waals surface area contributed by atoms with Crippen molar-refractivity contribution >= 4 is 5.65 Å². The molecule has 0 aliphatic heterocycles. The van der Waals surface area contributed by atoms with Gasteiger partial charge in [0.25, 0.3) is 0 Å². The Bertz CT molecular complexity index is 495. The fourth-order valence-corrected chi connectivity index (χ4v) is 1.59. The van der Waals surface area contributed by atoms with Gasteiger partial charge in [0, 0.05) is 6.20 Å². The molecule has 2 aromatic rings. The third-order valence-electron chi connectivity index (χ3n) is 2.15. The van der Waals surface area contributed by atoms with E-state index in [9.17, 15) is 4.79 Å². The van der Waals surface area contributed by atoms with Gasteiger partial charge >= 0.3 is 5.69 Å². The van der Waals surface area contributed by atoms with Gasteiger partial charge in [-0.3, -0.25) is 4.40 Å². The van der Waals surface area contributed by atoms with Crippen molar-refractivity contribution in [2.75, 3.05) is 0 Å². The van der Waals surface area contributed by atoms with Gasteiger partial charge in [0.1, 0.15) is 0 Å². The van der Waals surface area contributed by atoms with Crippen molar-refractivity contribution in [2.24, 2.45) is 5.92 Å². The van der Waals surface area contributed by atoms with E-state index in [4.69, 9.17) is 0 Å². The Labute approximate surface area is 81.6 Å². The number of hydrogen-bond donors (Lipinski definition) is 1. The summed E-state index contributed by atoms with van der Waals surface area (Å²) in [5.74, 6) is 0.563. The van der Waals surface area contributed by atoms with Crippen LogP contribution in [0.25, 0.3) is 5.65 Å². The molecule has 0 bridgehead atoms. The normalized spacial score (nSPS) is 11.4. The summed E-state index contributed by atoms with van der Waals surface area (Å²) in [5.41, 5.74) is 1.68. The Balaban J connectivity index is 2.60. The van der Waals surface area contributed by atoms with Crippen LogP contribution in [0.5, 0.6) is 0 Å². The lowest BCUT2D eigenvalue weighted by molar-refractivity contribution is 0.647. The minimum atomic E-state index is -0.175. The number of rotatable bonds is 2. The van der Waals surface area contributed by atoms with Crippen LogP contribution >= 0.6 is 0 Å². The molecule has 2 heterocycles. The van der Waals surface area contributed by atoms with Gasteiger partial charge in [-0.25, -0.2) is 9.89 Å². The molecule has 4 nitrogen and oxygen atoms in total. The van der Waals surface area contributed by atoms with E-state index in [1.807, 2.05) is 12.1 Å². The monoisotopic (exact) mass is 191 g/mol. The molecule has 1 N–H and O–H groups in total. The Kier molecular flexibility index (Phi) is 2.11. The van der Waals surface area contributed by atoms with Crippen molar-refractivity contribution in [2.45, 2.75) is 20.3 Å². The topological polar surface area (TPSA) is 50.2 Å². The fourth-order valence-electron chi connectivity index (χ4n) is 1.59. The number of nitrogens with one attached hydrogen (secondary N) is 1. The SMILES string of the molecule is CC(C)Cc1cccn2c(=O)[nH]nc12. The minimum Gasteiger partial charge on any atom is -0.250 e. The zero-order chi connectivity index (χ0) is 10.1. The van der Waals surface area contributed by atoms with Crippen LogP contribution in [-0.2, 0) is 6.42 Å². The standard InChI is InChI=1S/C10H13N3O/c1-7(2)6-8-4-3-5-13-9(8)11-12-10(13)14/h3-5,7H,6H2,1-2H3,(H,12,14). The molecule has 0 atom stereocenters. The van der Waals surface area contributed by atoms with Gasteiger partial charge in [-0.15, -0.1) is 0 Å². The first-order valence-corrected chi connectivity index (χ1v) is 4.73. The predicted octanol–water partition coefficient (Wildman–Crippen LogP) is 1.22. The lowest BCUT2D eigenvalue weighted by Gasteiger charge is -2.04. The Morgan fingerprint density at radius 1 is 1.57 bits per heavy atom. The molecule has 2 rings (SSSR count). The van der Waals surface area contributed by atoms with E-state index < -0.39 is 0 Å². The van der Waals surface area contributed by atoms with E-state index in [1.54, 1.807) is 6.20 Å². The summed E-state index contributed by atoms with van der Waals surface area (Å²) < 4.78 is 1.54. The van der Waals surface area contributed by atoms with Crippen LogP contribution in [0.4, 0.5) is 0 Å². The molecule has 0 unspecified atom stereocenters. The number of aromatic nitrogens is 3. The van der Waals surface area contributed by atoms with E-state index in [1.165, 1.54) is 4.40 Å². The van der Waals surface area contributed by atoms with Crippen molar-refractivity contribution in [3.8, 4) is 0 Å². The third kappa shape index (κ3) is 1.43. The largest absolute Gasteiger partial charge is 0.347 e. The maximum atomic E-state index is 11.3. The van der Waals surface area contributed by atoms with Crippen LogP contribution < -0.4 is 5.69 Å². The Morgan fingerprint density at radius 3 is 3.07 bits per heavy atom. The summed E-state index contributed by atoms with van der Waals surface area (Å²) in [4.78, 5) is 11.3. The van der Waals surface area contributed by atoms with Gasteiger partial charge in [-0.05, 0) is 24.0 Å². The molecular weight excluding hydrogens is 178 g/mol. The van der Waals surface area contributed by atoms with Gasteiger partial charge in [-0.2, -0.15) is 5.10 Å². The molecule has 4 heteroatoms. The summed E-state index contributed by atoms with van der Waals surface area (Å²) >= 11 is 0. The fraction of sp³-hybridized carbons (Fsp3) is 0.400. The molecule has 14 heavy (non-hydrogen) atoms. The number of aromatic amines is 1. The summed E-state index contributed by atoms with van der Waals surface area (Å²) in [6.45, 7) is 4.29. The predicted molar refractivity (Wildman–Crippen MR) is 54.4 cm³/mol. The highest BCUT2D eigenvalue weighted by atomic mass is 16.1. The van der Waals surface area contributed by atoms with E-state index >= 15 is 0 Å². The van der Waals surface area contributed by atoms with E-state index in [-0.39, 0.29) is 5.69 Å². The van der Waals surface area contributed by atoms with Gasteiger partial charge in [0.05, 0.1) is 0 Å². The number of hydrogen-bond acceptors (Lipinski definition) is 2. The molecular formula is C10H13N3O. The van der Waals surface area contributed by atoms with E-state index in [0.29, 0.717) is 5.92 Å². The highest BCUT2D eigenvalue weighted by Crippen LogP contribution is 2.11. The van der Waals surface area contributed by atoms with Crippen LogP contribution in [0.15, 0.2) is 23.1 Å². The zero-order valence-electron chi connectivity index (χ0n) is 8.32. The summed E-state index contributed by atoms with van der Waals surface area (Å²) in [6, 6.07) is 3.89. The zero-order valence-corrected chi connectivity index (χ0v) is 8.32. The number of nitrogens with zero attached hydrogens (tertiary/aromatic N) is 2. The third-order valence-corrected chi connectivity index (χ3v) is 2.15. The summed E-state index contributed by atoms with van der Waals surface area (Å²) in [5, 5.41) is 6.44. The molecule has 0 aliphatic rings. The maximum absolute atomic E-state index is 11.3. The molecule has 0 saturated heterocycles. The van der Waals surface area contributed by atoms with Crippen LogP contribution in [-0.4, -0.2) is 14.6 Å². The lowest BCUT2D eigenvalue weighted by Crippen LogP contribution is -2.09. The van der Waals surface area contributed by atoms with Crippen LogP contribution in [0, 0.1) is 5.92 Å². The van der Waals surface area contributed by atoms with Gasteiger partial charge in [0.2, 0.25) is 0 Å². The van der Waals surface area contributed by atoms with Crippen molar-refractivity contribution < 1.29 is 0 Å². The van der Waals surface area contributed by atoms with Gasteiger partial charge < -0.3 is 0 Å². The summed E-state index contributed by atoms with van der Waals surface area (Å²) in [6.07, 6.45) is 2.67. The molecule has 2 aromatic heterocycles. The molecule has 0 amide bonds. The first kappa shape index (κ1) is 8.99. The van der Waals surface area contributed by atoms with Crippen LogP contribution in [0.1, 0.15) is 19.4 Å². The second-order valence-electron chi connectivity index (χ2n) is 3.85. The molecule has 0 aliphatic carbocycles. The first-order chi connectivity index (χ1) is 6.68. The first-order valence-electron chi connectivity index (χ1n) is 4.73. The number of H-pyrrole nitrogens is 1. The smallest absolute Gasteiger partial charge is 0.250 e. The van der Waals surface area contributed by atoms with E-state index in [0.717, 1.165) is 17.6 Å². The Hall–Kier alpha value is -1.58. The quantitative estimate of drug-likeness (QED) is 0.776. The molecule has 74 valence electrons. The minimum absolute atomic E-state index is 0.175. The maximum Gasteiger partial charge on any atom is 0.347 e. The second kappa shape index (κ2) is 3.29. The van der Waals surface area contributed by atoms with Crippen LogP contribution in [0.2, 0.25) is 0 Å². The highest BCUT2D eigenvalue weighted by molar-refractivity contribution is 5.46. The Morgan fingerprint density at radius 2 is 2.36 bits per heavy atom. The average molecular weight is 191 g/mol. The van der Waals surface area contributed by atoms with Crippen molar-refractivity contribution in [3.63, 3.8) is 0 Å². The second-order valence-corrected chi connectivity index (χ2v) is 3.85. The van der Waals surface area contributed by atoms with Crippen molar-refractivity contribution in [3.05, 3.63) is 34.4 Å². The summed E-state index contributed by atoms with van der Waals surface area (Å²) in [7, 11) is 0. The molecule has 0 aromatic carbocycles. The average Bonchev–Trinajstić information content (AvgIpc) is 2.49. The molecule has 0 saturated carbocycles. The van der Waals surface area contributed by atoms with E-state index in [2.05, 4.69) is 24.0 Å². The lowest BCUT2D eigenvalue weighted by atomic mass is 10.0. The number of pyridine rings is 1. The van der Waals surface area contributed by atoms with Gasteiger partial charge in [0.15, 0.2) is 5.65 Å².